The predicted molar refractivity (Wildman–Crippen MR) is 82.9 cm³/mol. The standard InChI is InChI=1S/C15H19N3O2S/c16-10-14-3-1-4-15(9-14)12-21(19,20)18-8-6-13-5-2-7-17-11-13/h1-5,7,9,11,18H,6,8,10,12,16H2. The van der Waals surface area contributed by atoms with E-state index in [0.29, 0.717) is 19.5 Å². The third-order valence-electron chi connectivity index (χ3n) is 3.04. The van der Waals surface area contributed by atoms with Crippen molar-refractivity contribution >= 4 is 10.0 Å². The highest BCUT2D eigenvalue weighted by atomic mass is 32.2. The molecule has 21 heavy (non-hydrogen) atoms. The maximum absolute atomic E-state index is 12.0. The molecule has 0 aliphatic rings. The Morgan fingerprint density at radius 2 is 1.86 bits per heavy atom. The summed E-state index contributed by atoms with van der Waals surface area (Å²) >= 11 is 0. The molecule has 0 spiro atoms. The SMILES string of the molecule is NCc1cccc(CS(=O)(=O)NCCc2cccnc2)c1. The Labute approximate surface area is 125 Å². The quantitative estimate of drug-likeness (QED) is 0.805. The largest absolute Gasteiger partial charge is 0.326 e. The molecule has 2 rings (SSSR count). The number of nitrogens with two attached hydrogens (primary N) is 1. The number of sulfonamides is 1. The Morgan fingerprint density at radius 3 is 2.57 bits per heavy atom. The molecule has 1 aromatic heterocycles. The molecule has 0 saturated carbocycles. The third kappa shape index (κ3) is 5.26. The first-order chi connectivity index (χ1) is 10.1. The van der Waals surface area contributed by atoms with Gasteiger partial charge in [0.25, 0.3) is 0 Å². The first-order valence-corrected chi connectivity index (χ1v) is 8.38. The Bertz CT molecular complexity index is 672. The van der Waals surface area contributed by atoms with Crippen LogP contribution in [0.2, 0.25) is 0 Å². The molecular weight excluding hydrogens is 286 g/mol. The molecule has 2 aromatic rings. The van der Waals surface area contributed by atoms with Crippen LogP contribution in [-0.4, -0.2) is 19.9 Å². The summed E-state index contributed by atoms with van der Waals surface area (Å²) in [6.07, 6.45) is 4.05. The van der Waals surface area contributed by atoms with Gasteiger partial charge in [0.05, 0.1) is 5.75 Å². The monoisotopic (exact) mass is 305 g/mol. The van der Waals surface area contributed by atoms with Gasteiger partial charge in [-0.05, 0) is 29.2 Å². The van der Waals surface area contributed by atoms with Gasteiger partial charge in [0, 0.05) is 25.5 Å². The van der Waals surface area contributed by atoms with Crippen molar-refractivity contribution in [2.24, 2.45) is 5.73 Å². The normalized spacial score (nSPS) is 11.5. The van der Waals surface area contributed by atoms with E-state index in [9.17, 15) is 8.42 Å². The van der Waals surface area contributed by atoms with Crippen LogP contribution in [0.3, 0.4) is 0 Å². The van der Waals surface area contributed by atoms with Gasteiger partial charge >= 0.3 is 0 Å². The summed E-state index contributed by atoms with van der Waals surface area (Å²) in [6.45, 7) is 0.771. The number of nitrogens with zero attached hydrogens (tertiary/aromatic N) is 1. The minimum atomic E-state index is -3.34. The smallest absolute Gasteiger partial charge is 0.215 e. The first kappa shape index (κ1) is 15.6. The highest BCUT2D eigenvalue weighted by Gasteiger charge is 2.11. The van der Waals surface area contributed by atoms with E-state index in [4.69, 9.17) is 5.73 Å². The van der Waals surface area contributed by atoms with E-state index in [1.165, 1.54) is 0 Å². The van der Waals surface area contributed by atoms with Gasteiger partial charge in [0.15, 0.2) is 0 Å². The van der Waals surface area contributed by atoms with Gasteiger partial charge in [0.1, 0.15) is 0 Å². The van der Waals surface area contributed by atoms with Crippen LogP contribution in [0.25, 0.3) is 0 Å². The van der Waals surface area contributed by atoms with E-state index in [0.717, 1.165) is 16.7 Å². The molecule has 0 fully saturated rings. The molecule has 5 nitrogen and oxygen atoms in total. The van der Waals surface area contributed by atoms with Crippen molar-refractivity contribution in [3.05, 3.63) is 65.5 Å². The molecule has 1 aromatic carbocycles. The first-order valence-electron chi connectivity index (χ1n) is 6.73. The van der Waals surface area contributed by atoms with Crippen LogP contribution in [0.5, 0.6) is 0 Å². The van der Waals surface area contributed by atoms with E-state index in [1.807, 2.05) is 30.3 Å². The maximum atomic E-state index is 12.0. The van der Waals surface area contributed by atoms with Crippen LogP contribution in [-0.2, 0) is 28.7 Å². The lowest BCUT2D eigenvalue weighted by molar-refractivity contribution is 0.580. The molecule has 6 heteroatoms. The van der Waals surface area contributed by atoms with Crippen molar-refractivity contribution in [3.8, 4) is 0 Å². The second kappa shape index (κ2) is 7.31. The Kier molecular flexibility index (Phi) is 5.44. The third-order valence-corrected chi connectivity index (χ3v) is 4.40. The van der Waals surface area contributed by atoms with Gasteiger partial charge in [-0.3, -0.25) is 4.98 Å². The van der Waals surface area contributed by atoms with E-state index in [1.54, 1.807) is 18.5 Å². The molecule has 0 saturated heterocycles. The summed E-state index contributed by atoms with van der Waals surface area (Å²) in [5.41, 5.74) is 8.23. The summed E-state index contributed by atoms with van der Waals surface area (Å²) in [5.74, 6) is -0.0338. The molecule has 112 valence electrons. The Hall–Kier alpha value is -1.76. The highest BCUT2D eigenvalue weighted by Crippen LogP contribution is 2.08. The minimum Gasteiger partial charge on any atom is -0.326 e. The van der Waals surface area contributed by atoms with Crippen LogP contribution < -0.4 is 10.5 Å². The summed E-state index contributed by atoms with van der Waals surface area (Å²) in [5, 5.41) is 0. The number of nitrogens with one attached hydrogen (secondary N) is 1. The zero-order valence-corrected chi connectivity index (χ0v) is 12.5. The fourth-order valence-corrected chi connectivity index (χ4v) is 3.15. The van der Waals surface area contributed by atoms with Gasteiger partial charge < -0.3 is 5.73 Å². The van der Waals surface area contributed by atoms with Crippen molar-refractivity contribution in [2.45, 2.75) is 18.7 Å². The van der Waals surface area contributed by atoms with Gasteiger partial charge in [-0.25, -0.2) is 13.1 Å². The molecule has 0 unspecified atom stereocenters. The highest BCUT2D eigenvalue weighted by molar-refractivity contribution is 7.88. The summed E-state index contributed by atoms with van der Waals surface area (Å²) in [6, 6.07) is 11.1. The molecular formula is C15H19N3O2S. The van der Waals surface area contributed by atoms with Gasteiger partial charge in [-0.2, -0.15) is 0 Å². The summed E-state index contributed by atoms with van der Waals surface area (Å²) in [7, 11) is -3.34. The second-order valence-electron chi connectivity index (χ2n) is 4.79. The molecule has 0 bridgehead atoms. The summed E-state index contributed by atoms with van der Waals surface area (Å²) < 4.78 is 26.7. The number of rotatable bonds is 7. The molecule has 0 atom stereocenters. The topological polar surface area (TPSA) is 85.1 Å². The molecule has 0 amide bonds. The second-order valence-corrected chi connectivity index (χ2v) is 6.60. The van der Waals surface area contributed by atoms with Crippen LogP contribution in [0.1, 0.15) is 16.7 Å². The fourth-order valence-electron chi connectivity index (χ4n) is 2.01. The van der Waals surface area contributed by atoms with Crippen molar-refractivity contribution in [3.63, 3.8) is 0 Å². The average Bonchev–Trinajstić information content (AvgIpc) is 2.48. The number of hydrogen-bond acceptors (Lipinski definition) is 4. The molecule has 0 radical (unpaired) electrons. The van der Waals surface area contributed by atoms with Crippen LogP contribution >= 0.6 is 0 Å². The van der Waals surface area contributed by atoms with Gasteiger partial charge in [-0.15, -0.1) is 0 Å². The Morgan fingerprint density at radius 1 is 1.10 bits per heavy atom. The lowest BCUT2D eigenvalue weighted by atomic mass is 10.1. The van der Waals surface area contributed by atoms with Crippen molar-refractivity contribution < 1.29 is 8.42 Å². The number of pyridine rings is 1. The lowest BCUT2D eigenvalue weighted by Gasteiger charge is -2.08. The zero-order valence-electron chi connectivity index (χ0n) is 11.7. The van der Waals surface area contributed by atoms with E-state index in [-0.39, 0.29) is 5.75 Å². The van der Waals surface area contributed by atoms with E-state index in [2.05, 4.69) is 9.71 Å². The summed E-state index contributed by atoms with van der Waals surface area (Å²) in [4.78, 5) is 4.00. The minimum absolute atomic E-state index is 0.0338. The van der Waals surface area contributed by atoms with E-state index >= 15 is 0 Å². The van der Waals surface area contributed by atoms with Crippen LogP contribution in [0.4, 0.5) is 0 Å². The van der Waals surface area contributed by atoms with Crippen molar-refractivity contribution in [1.29, 1.82) is 0 Å². The van der Waals surface area contributed by atoms with E-state index < -0.39 is 10.0 Å². The molecule has 3 N–H and O–H groups in total. The van der Waals surface area contributed by atoms with Gasteiger partial charge in [0.2, 0.25) is 10.0 Å². The lowest BCUT2D eigenvalue weighted by Crippen LogP contribution is -2.27. The molecule has 0 aliphatic carbocycles. The average molecular weight is 305 g/mol. The molecule has 1 heterocycles. The zero-order chi connectivity index (χ0) is 15.1. The number of benzene rings is 1. The van der Waals surface area contributed by atoms with Crippen LogP contribution in [0, 0.1) is 0 Å². The van der Waals surface area contributed by atoms with Crippen molar-refractivity contribution in [1.82, 2.24) is 9.71 Å². The number of aromatic nitrogens is 1. The maximum Gasteiger partial charge on any atom is 0.215 e. The fraction of sp³-hybridized carbons (Fsp3) is 0.267. The number of hydrogen-bond donors (Lipinski definition) is 2. The van der Waals surface area contributed by atoms with Crippen molar-refractivity contribution in [2.75, 3.05) is 6.54 Å². The molecule has 0 aliphatic heterocycles. The Balaban J connectivity index is 1.89. The predicted octanol–water partition coefficient (Wildman–Crippen LogP) is 1.20. The van der Waals surface area contributed by atoms with Gasteiger partial charge in [-0.1, -0.05) is 30.3 Å². The van der Waals surface area contributed by atoms with Crippen LogP contribution in [0.15, 0.2) is 48.8 Å².